The molecule has 36 heavy (non-hydrogen) atoms. The van der Waals surface area contributed by atoms with E-state index in [9.17, 15) is 9.59 Å². The van der Waals surface area contributed by atoms with E-state index in [0.29, 0.717) is 69.4 Å². The molecule has 0 aliphatic carbocycles. The van der Waals surface area contributed by atoms with Crippen LogP contribution in [-0.4, -0.2) is 90.0 Å². The molecule has 12 heteroatoms. The molecule has 0 saturated heterocycles. The number of rotatable bonds is 15. The van der Waals surface area contributed by atoms with E-state index in [1.165, 1.54) is 10.9 Å². The predicted molar refractivity (Wildman–Crippen MR) is 132 cm³/mol. The summed E-state index contributed by atoms with van der Waals surface area (Å²) in [5.41, 5.74) is 1.54. The molecule has 1 aromatic carbocycles. The number of nitrogens with zero attached hydrogens (tertiary/aromatic N) is 4. The molecule has 0 saturated carbocycles. The standard InChI is InChI=1S/C24H34N6O6/c1-24(2,3)21(31)17-5-6-18-19(15-17)26-23(25-18)27-22(32)20-16-30(29-28-20)7-8-34-11-12-36-14-13-35-10-9-33-4/h5-6,15-16H,7-14H2,1-4H3,(H2,25,26,27,32). The lowest BCUT2D eigenvalue weighted by Crippen LogP contribution is -2.19. The van der Waals surface area contributed by atoms with Crippen LogP contribution in [0.1, 0.15) is 41.6 Å². The first kappa shape index (κ1) is 27.4. The minimum absolute atomic E-state index is 0.0287. The highest BCUT2D eigenvalue weighted by atomic mass is 16.6. The smallest absolute Gasteiger partial charge is 0.280 e. The Morgan fingerprint density at radius 2 is 1.67 bits per heavy atom. The number of carbonyl (C=O) groups excluding carboxylic acids is 2. The Labute approximate surface area is 209 Å². The van der Waals surface area contributed by atoms with Gasteiger partial charge in [0.15, 0.2) is 11.5 Å². The number of amides is 1. The van der Waals surface area contributed by atoms with Crippen molar-refractivity contribution in [3.8, 4) is 0 Å². The van der Waals surface area contributed by atoms with E-state index in [-0.39, 0.29) is 17.4 Å². The number of benzene rings is 1. The molecule has 0 fully saturated rings. The van der Waals surface area contributed by atoms with Gasteiger partial charge in [0.05, 0.1) is 70.0 Å². The molecule has 2 heterocycles. The van der Waals surface area contributed by atoms with Crippen molar-refractivity contribution >= 4 is 28.7 Å². The lowest BCUT2D eigenvalue weighted by molar-refractivity contribution is 0.00244. The molecule has 0 atom stereocenters. The number of ether oxygens (including phenoxy) is 4. The Morgan fingerprint density at radius 1 is 1.00 bits per heavy atom. The number of hydrogen-bond donors (Lipinski definition) is 2. The summed E-state index contributed by atoms with van der Waals surface area (Å²) < 4.78 is 22.6. The summed E-state index contributed by atoms with van der Waals surface area (Å²) in [6, 6.07) is 5.23. The molecular formula is C24H34N6O6. The maximum Gasteiger partial charge on any atom is 0.280 e. The molecule has 196 valence electrons. The fourth-order valence-corrected chi connectivity index (χ4v) is 3.17. The monoisotopic (exact) mass is 502 g/mol. The van der Waals surface area contributed by atoms with E-state index in [1.54, 1.807) is 25.3 Å². The van der Waals surface area contributed by atoms with Gasteiger partial charge in [-0.25, -0.2) is 9.67 Å². The Morgan fingerprint density at radius 3 is 2.33 bits per heavy atom. The van der Waals surface area contributed by atoms with Crippen LogP contribution in [-0.2, 0) is 25.5 Å². The Bertz CT molecular complexity index is 1140. The van der Waals surface area contributed by atoms with Crippen LogP contribution in [0.15, 0.2) is 24.4 Å². The average molecular weight is 503 g/mol. The number of methoxy groups -OCH3 is 1. The number of H-pyrrole nitrogens is 1. The molecule has 1 amide bonds. The normalized spacial score (nSPS) is 11.8. The fourth-order valence-electron chi connectivity index (χ4n) is 3.17. The molecule has 0 aliphatic heterocycles. The third-order valence-electron chi connectivity index (χ3n) is 5.07. The molecule has 2 aromatic heterocycles. The summed E-state index contributed by atoms with van der Waals surface area (Å²) in [5.74, 6) is -0.160. The van der Waals surface area contributed by atoms with Crippen molar-refractivity contribution in [2.45, 2.75) is 27.3 Å². The van der Waals surface area contributed by atoms with Gasteiger partial charge in [-0.15, -0.1) is 5.10 Å². The largest absolute Gasteiger partial charge is 0.382 e. The molecule has 3 aromatic rings. The van der Waals surface area contributed by atoms with Crippen molar-refractivity contribution in [3.63, 3.8) is 0 Å². The van der Waals surface area contributed by atoms with Crippen LogP contribution in [0.3, 0.4) is 0 Å². The number of aromatic nitrogens is 5. The quantitative estimate of drug-likeness (QED) is 0.236. The van der Waals surface area contributed by atoms with Crippen LogP contribution in [0, 0.1) is 5.41 Å². The second kappa shape index (κ2) is 13.2. The summed E-state index contributed by atoms with van der Waals surface area (Å²) in [5, 5.41) is 10.6. The molecule has 0 radical (unpaired) electrons. The van der Waals surface area contributed by atoms with Gasteiger partial charge in [-0.2, -0.15) is 0 Å². The third-order valence-corrected chi connectivity index (χ3v) is 5.07. The lowest BCUT2D eigenvalue weighted by Gasteiger charge is -2.16. The zero-order valence-corrected chi connectivity index (χ0v) is 21.2. The zero-order valence-electron chi connectivity index (χ0n) is 21.2. The number of aromatic amines is 1. The molecule has 2 N–H and O–H groups in total. The SMILES string of the molecule is COCCOCCOCCOCCn1cc(C(=O)Nc2nc3ccc(C(=O)C(C)(C)C)cc3[nH]2)nn1. The van der Waals surface area contributed by atoms with Crippen LogP contribution in [0.5, 0.6) is 0 Å². The first-order valence-corrected chi connectivity index (χ1v) is 11.8. The van der Waals surface area contributed by atoms with Crippen molar-refractivity contribution < 1.29 is 28.5 Å². The highest BCUT2D eigenvalue weighted by Crippen LogP contribution is 2.24. The van der Waals surface area contributed by atoms with E-state index in [2.05, 4.69) is 25.6 Å². The summed E-state index contributed by atoms with van der Waals surface area (Å²) in [4.78, 5) is 32.5. The van der Waals surface area contributed by atoms with E-state index < -0.39 is 11.3 Å². The van der Waals surface area contributed by atoms with Gasteiger partial charge < -0.3 is 23.9 Å². The summed E-state index contributed by atoms with van der Waals surface area (Å²) in [7, 11) is 1.63. The summed E-state index contributed by atoms with van der Waals surface area (Å²) >= 11 is 0. The van der Waals surface area contributed by atoms with Gasteiger partial charge in [0, 0.05) is 18.1 Å². The van der Waals surface area contributed by atoms with E-state index >= 15 is 0 Å². The van der Waals surface area contributed by atoms with Gasteiger partial charge in [0.1, 0.15) is 0 Å². The molecule has 0 unspecified atom stereocenters. The topological polar surface area (TPSA) is 142 Å². The van der Waals surface area contributed by atoms with Crippen molar-refractivity contribution in [3.05, 3.63) is 35.7 Å². The highest BCUT2D eigenvalue weighted by Gasteiger charge is 2.23. The minimum Gasteiger partial charge on any atom is -0.382 e. The first-order chi connectivity index (χ1) is 17.3. The number of fused-ring (bicyclic) bond motifs is 1. The number of carbonyl (C=O) groups is 2. The number of anilines is 1. The molecule has 0 spiro atoms. The number of imidazole rings is 1. The van der Waals surface area contributed by atoms with Crippen molar-refractivity contribution in [1.29, 1.82) is 0 Å². The van der Waals surface area contributed by atoms with Gasteiger partial charge in [-0.05, 0) is 18.2 Å². The average Bonchev–Trinajstić information content (AvgIpc) is 3.47. The van der Waals surface area contributed by atoms with Crippen molar-refractivity contribution in [1.82, 2.24) is 25.0 Å². The van der Waals surface area contributed by atoms with Crippen LogP contribution >= 0.6 is 0 Å². The summed E-state index contributed by atoms with van der Waals surface area (Å²) in [6.45, 7) is 9.48. The minimum atomic E-state index is -0.491. The van der Waals surface area contributed by atoms with E-state index in [1.807, 2.05) is 20.8 Å². The van der Waals surface area contributed by atoms with Gasteiger partial charge >= 0.3 is 0 Å². The number of hydrogen-bond acceptors (Lipinski definition) is 9. The van der Waals surface area contributed by atoms with Gasteiger partial charge in [0.2, 0.25) is 5.95 Å². The molecule has 0 aliphatic rings. The van der Waals surface area contributed by atoms with Crippen molar-refractivity contribution in [2.24, 2.45) is 5.41 Å². The van der Waals surface area contributed by atoms with Crippen LogP contribution < -0.4 is 5.32 Å². The number of Topliss-reactive ketones (excluding diaryl/α,β-unsaturated/α-hetero) is 1. The maximum absolute atomic E-state index is 12.6. The maximum atomic E-state index is 12.6. The second-order valence-electron chi connectivity index (χ2n) is 9.05. The molecule has 3 rings (SSSR count). The molecule has 12 nitrogen and oxygen atoms in total. The first-order valence-electron chi connectivity index (χ1n) is 11.8. The predicted octanol–water partition coefficient (Wildman–Crippen LogP) is 2.33. The highest BCUT2D eigenvalue weighted by molar-refractivity contribution is 6.04. The van der Waals surface area contributed by atoms with E-state index in [4.69, 9.17) is 18.9 Å². The Kier molecular flexibility index (Phi) is 10.1. The third kappa shape index (κ3) is 8.19. The molecule has 0 bridgehead atoms. The van der Waals surface area contributed by atoms with Crippen LogP contribution in [0.2, 0.25) is 0 Å². The summed E-state index contributed by atoms with van der Waals surface area (Å²) in [6.07, 6.45) is 1.54. The fraction of sp³-hybridized carbons (Fsp3) is 0.542. The Hall–Kier alpha value is -3.19. The van der Waals surface area contributed by atoms with Gasteiger partial charge in [-0.1, -0.05) is 26.0 Å². The van der Waals surface area contributed by atoms with Gasteiger partial charge in [0.25, 0.3) is 5.91 Å². The van der Waals surface area contributed by atoms with E-state index in [0.717, 1.165) is 0 Å². The van der Waals surface area contributed by atoms with Crippen LogP contribution in [0.4, 0.5) is 5.95 Å². The number of nitrogens with one attached hydrogen (secondary N) is 2. The van der Waals surface area contributed by atoms with Crippen LogP contribution in [0.25, 0.3) is 11.0 Å². The Balaban J connectivity index is 1.40. The van der Waals surface area contributed by atoms with Crippen molar-refractivity contribution in [2.75, 3.05) is 58.7 Å². The van der Waals surface area contributed by atoms with Gasteiger partial charge in [-0.3, -0.25) is 14.9 Å². The molecular weight excluding hydrogens is 468 g/mol. The lowest BCUT2D eigenvalue weighted by atomic mass is 9.86. The number of ketones is 1. The second-order valence-corrected chi connectivity index (χ2v) is 9.05. The zero-order chi connectivity index (χ0) is 26.0.